The van der Waals surface area contributed by atoms with Crippen LogP contribution >= 0.6 is 11.6 Å². The Kier molecular flexibility index (Phi) is 5.55. The number of amides is 1. The average Bonchev–Trinajstić information content (AvgIpc) is 3.21. The van der Waals surface area contributed by atoms with E-state index in [0.29, 0.717) is 28.6 Å². The first-order valence-corrected chi connectivity index (χ1v) is 9.75. The van der Waals surface area contributed by atoms with Crippen LogP contribution in [0.3, 0.4) is 0 Å². The molecule has 0 unspecified atom stereocenters. The van der Waals surface area contributed by atoms with Gasteiger partial charge in [-0.05, 0) is 43.4 Å². The first-order valence-electron chi connectivity index (χ1n) is 9.37. The van der Waals surface area contributed by atoms with E-state index in [-0.39, 0.29) is 12.7 Å². The van der Waals surface area contributed by atoms with E-state index < -0.39 is 0 Å². The van der Waals surface area contributed by atoms with Crippen LogP contribution in [0.25, 0.3) is 0 Å². The molecule has 0 saturated heterocycles. The monoisotopic (exact) mass is 393 g/mol. The lowest BCUT2D eigenvalue weighted by Crippen LogP contribution is -2.29. The third-order valence-electron chi connectivity index (χ3n) is 4.83. The van der Waals surface area contributed by atoms with Gasteiger partial charge in [0.2, 0.25) is 6.79 Å². The summed E-state index contributed by atoms with van der Waals surface area (Å²) in [6.07, 6.45) is 6.27. The van der Waals surface area contributed by atoms with Gasteiger partial charge >= 0.3 is 5.91 Å². The molecule has 1 aliphatic carbocycles. The van der Waals surface area contributed by atoms with Crippen LogP contribution in [0.2, 0.25) is 5.02 Å². The summed E-state index contributed by atoms with van der Waals surface area (Å²) >= 11 is 6.28. The van der Waals surface area contributed by atoms with Crippen molar-refractivity contribution in [3.63, 3.8) is 0 Å². The molecule has 0 fully saturated rings. The zero-order valence-electron chi connectivity index (χ0n) is 15.4. The van der Waals surface area contributed by atoms with Crippen LogP contribution in [0.1, 0.15) is 36.8 Å². The fraction of sp³-hybridized carbons (Fsp3) is 0.261. The summed E-state index contributed by atoms with van der Waals surface area (Å²) in [7, 11) is 0. The van der Waals surface area contributed by atoms with Gasteiger partial charge in [-0.2, -0.15) is 0 Å². The van der Waals surface area contributed by atoms with Crippen LogP contribution in [0.5, 0.6) is 11.5 Å². The van der Waals surface area contributed by atoms with Crippen LogP contribution in [0.4, 0.5) is 0 Å². The molecule has 2 aliphatic rings. The molecule has 0 atom stereocenters. The number of nitrogens with zero attached hydrogens (tertiary/aromatic N) is 1. The Hall–Kier alpha value is -2.90. The van der Waals surface area contributed by atoms with Crippen molar-refractivity contribution in [1.29, 1.82) is 0 Å². The maximum absolute atomic E-state index is 13.0. The Balaban J connectivity index is 1.63. The minimum Gasteiger partial charge on any atom is -0.454 e. The largest absolute Gasteiger partial charge is 0.454 e. The molecular weight excluding hydrogens is 374 g/mol. The molecule has 4 rings (SSSR count). The zero-order chi connectivity index (χ0) is 19.3. The van der Waals surface area contributed by atoms with Crippen molar-refractivity contribution in [1.82, 2.24) is 4.90 Å². The maximum atomic E-state index is 13.0. The SMILES string of the molecule is O=C(C#Cc1c(Cl)ccc2c1OCO2)N(Cc1ccccc1)C1=CCCCC1. The molecule has 0 bridgehead atoms. The highest BCUT2D eigenvalue weighted by molar-refractivity contribution is 6.32. The highest BCUT2D eigenvalue weighted by atomic mass is 35.5. The average molecular weight is 394 g/mol. The van der Waals surface area contributed by atoms with Crippen molar-refractivity contribution in [2.45, 2.75) is 32.2 Å². The molecule has 1 aliphatic heterocycles. The van der Waals surface area contributed by atoms with Crippen molar-refractivity contribution in [3.05, 3.63) is 70.4 Å². The van der Waals surface area contributed by atoms with Gasteiger partial charge in [-0.3, -0.25) is 4.79 Å². The summed E-state index contributed by atoms with van der Waals surface area (Å²) in [5.74, 6) is 6.52. The van der Waals surface area contributed by atoms with Crippen molar-refractivity contribution < 1.29 is 14.3 Å². The van der Waals surface area contributed by atoms with Gasteiger partial charge in [0.25, 0.3) is 0 Å². The highest BCUT2D eigenvalue weighted by Crippen LogP contribution is 2.38. The van der Waals surface area contributed by atoms with Crippen molar-refractivity contribution in [2.75, 3.05) is 6.79 Å². The number of rotatable bonds is 3. The minimum absolute atomic E-state index is 0.130. The molecule has 5 heteroatoms. The van der Waals surface area contributed by atoms with E-state index >= 15 is 0 Å². The normalized spacial score (nSPS) is 14.7. The van der Waals surface area contributed by atoms with Crippen LogP contribution in [-0.4, -0.2) is 17.6 Å². The second-order valence-electron chi connectivity index (χ2n) is 6.72. The van der Waals surface area contributed by atoms with Crippen LogP contribution < -0.4 is 9.47 Å². The first kappa shape index (κ1) is 18.5. The third-order valence-corrected chi connectivity index (χ3v) is 5.14. The van der Waals surface area contributed by atoms with E-state index in [0.717, 1.165) is 36.9 Å². The molecule has 0 saturated carbocycles. The number of fused-ring (bicyclic) bond motifs is 1. The van der Waals surface area contributed by atoms with Crippen LogP contribution in [-0.2, 0) is 11.3 Å². The number of hydrogen-bond donors (Lipinski definition) is 0. The molecule has 142 valence electrons. The quantitative estimate of drug-likeness (QED) is 0.696. The predicted molar refractivity (Wildman–Crippen MR) is 108 cm³/mol. The van der Waals surface area contributed by atoms with Gasteiger partial charge in [0, 0.05) is 11.6 Å². The number of allylic oxidation sites excluding steroid dienone is 2. The third kappa shape index (κ3) is 4.00. The number of carbonyl (C=O) groups is 1. The molecule has 4 nitrogen and oxygen atoms in total. The lowest BCUT2D eigenvalue weighted by Gasteiger charge is -2.26. The standard InChI is InChI=1S/C23H20ClNO3/c24-20-12-13-21-23(28-16-27-21)19(20)11-14-22(26)25(18-9-5-2-6-10-18)15-17-7-3-1-4-8-17/h1,3-4,7-9,12-13H,2,5-6,10,15-16H2. The fourth-order valence-corrected chi connectivity index (χ4v) is 3.58. The first-order chi connectivity index (χ1) is 13.7. The number of carbonyl (C=O) groups excluding carboxylic acids is 1. The summed E-state index contributed by atoms with van der Waals surface area (Å²) in [5.41, 5.74) is 2.60. The number of ether oxygens (including phenoxy) is 2. The smallest absolute Gasteiger partial charge is 0.303 e. The molecule has 2 aromatic rings. The maximum Gasteiger partial charge on any atom is 0.303 e. The molecule has 28 heavy (non-hydrogen) atoms. The molecule has 0 radical (unpaired) electrons. The summed E-state index contributed by atoms with van der Waals surface area (Å²) in [6, 6.07) is 13.4. The van der Waals surface area contributed by atoms with Gasteiger partial charge in [0.05, 0.1) is 17.1 Å². The Morgan fingerprint density at radius 3 is 2.75 bits per heavy atom. The van der Waals surface area contributed by atoms with Gasteiger partial charge in [-0.1, -0.05) is 53.9 Å². The molecule has 1 heterocycles. The Labute approximate surface area is 169 Å². The number of hydrogen-bond acceptors (Lipinski definition) is 3. The lowest BCUT2D eigenvalue weighted by atomic mass is 10.0. The van der Waals surface area contributed by atoms with Gasteiger partial charge in [-0.25, -0.2) is 0 Å². The Morgan fingerprint density at radius 1 is 1.11 bits per heavy atom. The van der Waals surface area contributed by atoms with E-state index in [1.807, 2.05) is 30.3 Å². The van der Waals surface area contributed by atoms with Crippen LogP contribution in [0, 0.1) is 11.8 Å². The molecule has 2 aromatic carbocycles. The van der Waals surface area contributed by atoms with Crippen molar-refractivity contribution >= 4 is 17.5 Å². The summed E-state index contributed by atoms with van der Waals surface area (Å²) in [6.45, 7) is 0.631. The number of benzene rings is 2. The molecule has 0 N–H and O–H groups in total. The van der Waals surface area contributed by atoms with E-state index in [9.17, 15) is 4.79 Å². The Morgan fingerprint density at radius 2 is 1.96 bits per heavy atom. The van der Waals surface area contributed by atoms with Gasteiger partial charge < -0.3 is 14.4 Å². The predicted octanol–water partition coefficient (Wildman–Crippen LogP) is 4.91. The summed E-state index contributed by atoms with van der Waals surface area (Å²) in [5, 5.41) is 0.441. The van der Waals surface area contributed by atoms with E-state index in [4.69, 9.17) is 21.1 Å². The fourth-order valence-electron chi connectivity index (χ4n) is 3.38. The lowest BCUT2D eigenvalue weighted by molar-refractivity contribution is -0.124. The highest BCUT2D eigenvalue weighted by Gasteiger charge is 2.21. The molecule has 1 amide bonds. The van der Waals surface area contributed by atoms with Gasteiger partial charge in [-0.15, -0.1) is 0 Å². The summed E-state index contributed by atoms with van der Waals surface area (Å²) < 4.78 is 10.8. The molecular formula is C23H20ClNO3. The zero-order valence-corrected chi connectivity index (χ0v) is 16.2. The van der Waals surface area contributed by atoms with Crippen LogP contribution in [0.15, 0.2) is 54.2 Å². The van der Waals surface area contributed by atoms with Crippen molar-refractivity contribution in [3.8, 4) is 23.3 Å². The Bertz CT molecular complexity index is 973. The molecule has 0 spiro atoms. The second kappa shape index (κ2) is 8.41. The van der Waals surface area contributed by atoms with E-state index in [1.54, 1.807) is 17.0 Å². The van der Waals surface area contributed by atoms with Gasteiger partial charge in [0.15, 0.2) is 11.5 Å². The second-order valence-corrected chi connectivity index (χ2v) is 7.13. The van der Waals surface area contributed by atoms with E-state index in [2.05, 4.69) is 17.9 Å². The molecule has 0 aromatic heterocycles. The minimum atomic E-state index is -0.246. The van der Waals surface area contributed by atoms with E-state index in [1.165, 1.54) is 0 Å². The summed E-state index contributed by atoms with van der Waals surface area (Å²) in [4.78, 5) is 14.8. The topological polar surface area (TPSA) is 38.8 Å². The van der Waals surface area contributed by atoms with Gasteiger partial charge in [0.1, 0.15) is 0 Å². The van der Waals surface area contributed by atoms with Crippen molar-refractivity contribution in [2.24, 2.45) is 0 Å². The number of halogens is 1.